The summed E-state index contributed by atoms with van der Waals surface area (Å²) in [7, 11) is 3.07. The van der Waals surface area contributed by atoms with Crippen LogP contribution < -0.4 is 15.0 Å². The van der Waals surface area contributed by atoms with Crippen molar-refractivity contribution in [1.29, 1.82) is 5.26 Å². The van der Waals surface area contributed by atoms with Crippen molar-refractivity contribution in [3.63, 3.8) is 0 Å². The topological polar surface area (TPSA) is 110 Å². The van der Waals surface area contributed by atoms with Gasteiger partial charge in [0.05, 0.1) is 18.5 Å². The number of hydrogen-bond donors (Lipinski definition) is 1. The lowest BCUT2D eigenvalue weighted by molar-refractivity contribution is -0.108. The Balaban J connectivity index is 1.85. The van der Waals surface area contributed by atoms with Gasteiger partial charge in [0.2, 0.25) is 6.29 Å². The molecule has 3 rings (SSSR count). The Kier molecular flexibility index (Phi) is 6.59. The molecule has 2 amide bonds. The molecule has 3 heterocycles. The van der Waals surface area contributed by atoms with Crippen LogP contribution in [0.15, 0.2) is 24.4 Å². The SMILES string of the molecule is CCOc1cc(NC(=O)N2CCCc3ccc(C(OC)OC)nc32)ncc1C#N. The third-order valence-corrected chi connectivity index (χ3v) is 4.50. The molecule has 9 heteroatoms. The summed E-state index contributed by atoms with van der Waals surface area (Å²) in [6, 6.07) is 6.98. The van der Waals surface area contributed by atoms with Gasteiger partial charge in [-0.05, 0) is 31.4 Å². The summed E-state index contributed by atoms with van der Waals surface area (Å²) >= 11 is 0. The Bertz CT molecular complexity index is 924. The number of anilines is 2. The highest BCUT2D eigenvalue weighted by molar-refractivity contribution is 6.01. The second-order valence-electron chi connectivity index (χ2n) is 6.32. The maximum absolute atomic E-state index is 12.9. The predicted molar refractivity (Wildman–Crippen MR) is 106 cm³/mol. The average molecular weight is 397 g/mol. The molecular weight excluding hydrogens is 374 g/mol. The van der Waals surface area contributed by atoms with Gasteiger partial charge in [-0.15, -0.1) is 0 Å². The zero-order valence-corrected chi connectivity index (χ0v) is 16.6. The number of hydrogen-bond acceptors (Lipinski definition) is 7. The molecule has 0 spiro atoms. The molecule has 0 aliphatic carbocycles. The molecule has 0 bridgehead atoms. The highest BCUT2D eigenvalue weighted by Crippen LogP contribution is 2.29. The lowest BCUT2D eigenvalue weighted by atomic mass is 10.1. The maximum atomic E-state index is 12.9. The molecule has 0 atom stereocenters. The number of ether oxygens (including phenoxy) is 3. The number of methoxy groups -OCH3 is 2. The van der Waals surface area contributed by atoms with Crippen molar-refractivity contribution >= 4 is 17.7 Å². The molecular formula is C20H23N5O4. The van der Waals surface area contributed by atoms with Gasteiger partial charge in [-0.2, -0.15) is 5.26 Å². The second kappa shape index (κ2) is 9.32. The van der Waals surface area contributed by atoms with Crippen LogP contribution in [-0.2, 0) is 15.9 Å². The Morgan fingerprint density at radius 1 is 1.38 bits per heavy atom. The van der Waals surface area contributed by atoms with Gasteiger partial charge in [0, 0.05) is 26.8 Å². The van der Waals surface area contributed by atoms with Gasteiger partial charge in [-0.3, -0.25) is 10.2 Å². The van der Waals surface area contributed by atoms with Crippen LogP contribution in [0.25, 0.3) is 0 Å². The van der Waals surface area contributed by atoms with Crippen LogP contribution in [0.2, 0.25) is 0 Å². The van der Waals surface area contributed by atoms with Gasteiger partial charge in [-0.1, -0.05) is 6.07 Å². The molecule has 9 nitrogen and oxygen atoms in total. The highest BCUT2D eigenvalue weighted by atomic mass is 16.7. The zero-order chi connectivity index (χ0) is 20.8. The van der Waals surface area contributed by atoms with Crippen molar-refractivity contribution in [2.24, 2.45) is 0 Å². The van der Waals surface area contributed by atoms with E-state index < -0.39 is 6.29 Å². The lowest BCUT2D eigenvalue weighted by Crippen LogP contribution is -2.39. The zero-order valence-electron chi connectivity index (χ0n) is 16.6. The summed E-state index contributed by atoms with van der Waals surface area (Å²) in [6.07, 6.45) is 2.43. The number of nitrogens with zero attached hydrogens (tertiary/aromatic N) is 4. The molecule has 1 aliphatic rings. The third kappa shape index (κ3) is 4.45. The van der Waals surface area contributed by atoms with Crippen molar-refractivity contribution in [3.8, 4) is 11.8 Å². The molecule has 2 aromatic rings. The molecule has 0 unspecified atom stereocenters. The molecule has 2 aromatic heterocycles. The minimum Gasteiger partial charge on any atom is -0.492 e. The number of fused-ring (bicyclic) bond motifs is 1. The molecule has 0 saturated carbocycles. The van der Waals surface area contributed by atoms with Crippen molar-refractivity contribution < 1.29 is 19.0 Å². The van der Waals surface area contributed by atoms with E-state index in [-0.39, 0.29) is 6.03 Å². The number of amides is 2. The first-order chi connectivity index (χ1) is 14.1. The summed E-state index contributed by atoms with van der Waals surface area (Å²) < 4.78 is 16.0. The number of rotatable bonds is 6. The number of aromatic nitrogens is 2. The minimum atomic E-state index is -0.610. The molecule has 1 N–H and O–H groups in total. The Hall–Kier alpha value is -3.22. The number of nitriles is 1. The number of aryl methyl sites for hydroxylation is 1. The number of pyridine rings is 2. The first-order valence-electron chi connectivity index (χ1n) is 9.28. The van der Waals surface area contributed by atoms with E-state index in [2.05, 4.69) is 15.3 Å². The molecule has 0 saturated heterocycles. The van der Waals surface area contributed by atoms with Gasteiger partial charge >= 0.3 is 6.03 Å². The summed E-state index contributed by atoms with van der Waals surface area (Å²) in [5.41, 5.74) is 1.87. The monoisotopic (exact) mass is 397 g/mol. The lowest BCUT2D eigenvalue weighted by Gasteiger charge is -2.29. The van der Waals surface area contributed by atoms with Gasteiger partial charge in [0.25, 0.3) is 0 Å². The van der Waals surface area contributed by atoms with E-state index in [1.807, 2.05) is 25.1 Å². The Labute approximate surface area is 169 Å². The summed E-state index contributed by atoms with van der Waals surface area (Å²) in [6.45, 7) is 2.74. The first kappa shape index (κ1) is 20.5. The number of urea groups is 1. The molecule has 1 aliphatic heterocycles. The number of carbonyl (C=O) groups is 1. The molecule has 0 aromatic carbocycles. The van der Waals surface area contributed by atoms with Gasteiger partial charge in [0.1, 0.15) is 29.0 Å². The normalized spacial score (nSPS) is 13.0. The summed E-state index contributed by atoms with van der Waals surface area (Å²) in [5.74, 6) is 1.25. The minimum absolute atomic E-state index is 0.299. The highest BCUT2D eigenvalue weighted by Gasteiger charge is 2.26. The quantitative estimate of drug-likeness (QED) is 0.746. The summed E-state index contributed by atoms with van der Waals surface area (Å²) in [5, 5.41) is 11.9. The van der Waals surface area contributed by atoms with E-state index in [0.29, 0.717) is 41.8 Å². The number of nitrogens with one attached hydrogen (secondary N) is 1. The van der Waals surface area contributed by atoms with E-state index >= 15 is 0 Å². The van der Waals surface area contributed by atoms with E-state index in [4.69, 9.17) is 19.5 Å². The average Bonchev–Trinajstić information content (AvgIpc) is 2.74. The van der Waals surface area contributed by atoms with Crippen LogP contribution in [0.5, 0.6) is 5.75 Å². The molecule has 0 radical (unpaired) electrons. The largest absolute Gasteiger partial charge is 0.492 e. The van der Waals surface area contributed by atoms with E-state index in [9.17, 15) is 4.79 Å². The molecule has 29 heavy (non-hydrogen) atoms. The van der Waals surface area contributed by atoms with E-state index in [1.165, 1.54) is 20.4 Å². The predicted octanol–water partition coefficient (Wildman–Crippen LogP) is 3.02. The van der Waals surface area contributed by atoms with Gasteiger partial charge in [-0.25, -0.2) is 14.8 Å². The summed E-state index contributed by atoms with van der Waals surface area (Å²) in [4.78, 5) is 23.2. The fraction of sp³-hybridized carbons (Fsp3) is 0.400. The number of carbonyl (C=O) groups excluding carboxylic acids is 1. The van der Waals surface area contributed by atoms with Crippen LogP contribution in [-0.4, -0.2) is 43.4 Å². The third-order valence-electron chi connectivity index (χ3n) is 4.50. The Morgan fingerprint density at radius 2 is 2.17 bits per heavy atom. The van der Waals surface area contributed by atoms with Crippen molar-refractivity contribution in [3.05, 3.63) is 41.2 Å². The van der Waals surface area contributed by atoms with E-state index in [1.54, 1.807) is 11.0 Å². The van der Waals surface area contributed by atoms with Crippen LogP contribution >= 0.6 is 0 Å². The van der Waals surface area contributed by atoms with Crippen LogP contribution in [0, 0.1) is 11.3 Å². The molecule has 152 valence electrons. The van der Waals surface area contributed by atoms with E-state index in [0.717, 1.165) is 18.4 Å². The first-order valence-corrected chi connectivity index (χ1v) is 9.28. The standard InChI is InChI=1S/C20H23N5O4/c1-4-29-16-10-17(22-12-14(16)11-21)24-20(26)25-9-5-6-13-7-8-15(23-18(13)25)19(27-2)28-3/h7-8,10,12,19H,4-6,9H2,1-3H3,(H,22,24,26). The maximum Gasteiger partial charge on any atom is 0.328 e. The smallest absolute Gasteiger partial charge is 0.328 e. The van der Waals surface area contributed by atoms with Crippen molar-refractivity contribution in [2.75, 3.05) is 37.6 Å². The van der Waals surface area contributed by atoms with Crippen molar-refractivity contribution in [2.45, 2.75) is 26.1 Å². The Morgan fingerprint density at radius 3 is 2.86 bits per heavy atom. The van der Waals surface area contributed by atoms with Crippen LogP contribution in [0.1, 0.15) is 36.5 Å². The second-order valence-corrected chi connectivity index (χ2v) is 6.32. The fourth-order valence-electron chi connectivity index (χ4n) is 3.16. The van der Waals surface area contributed by atoms with Crippen molar-refractivity contribution in [1.82, 2.24) is 9.97 Å². The van der Waals surface area contributed by atoms with Crippen LogP contribution in [0.3, 0.4) is 0 Å². The molecule has 0 fully saturated rings. The van der Waals surface area contributed by atoms with Gasteiger partial charge in [0.15, 0.2) is 0 Å². The fourth-order valence-corrected chi connectivity index (χ4v) is 3.16. The van der Waals surface area contributed by atoms with Gasteiger partial charge < -0.3 is 14.2 Å². The van der Waals surface area contributed by atoms with Crippen LogP contribution in [0.4, 0.5) is 16.4 Å².